The van der Waals surface area contributed by atoms with E-state index >= 15 is 8.78 Å². The molecule has 1 N–H and O–H groups in total. The highest BCUT2D eigenvalue weighted by Crippen LogP contribution is 2.43. The van der Waals surface area contributed by atoms with Crippen LogP contribution in [0.3, 0.4) is 0 Å². The van der Waals surface area contributed by atoms with Crippen LogP contribution in [-0.4, -0.2) is 29.8 Å². The molecule has 0 saturated carbocycles. The van der Waals surface area contributed by atoms with E-state index in [1.807, 2.05) is 33.9 Å². The van der Waals surface area contributed by atoms with Crippen molar-refractivity contribution < 1.29 is 21.8 Å². The molecular weight excluding hydrogens is 483 g/mol. The molecule has 0 aliphatic carbocycles. The van der Waals surface area contributed by atoms with Crippen LogP contribution >= 0.6 is 15.9 Å². The van der Waals surface area contributed by atoms with E-state index in [2.05, 4.69) is 20.7 Å². The standard InChI is InChI=1S/C20H33BrF3NO2SSi/c1-17(2,3)28(26)25-19(7,15-12-14(21)10-11-16(15)22)20(23,24)13-27-29(8,9)18(4,5)6/h10-12,25H,13H2,1-9H3. The molecule has 9 heteroatoms. The Balaban J connectivity index is 3.46. The minimum atomic E-state index is -3.54. The van der Waals surface area contributed by atoms with Gasteiger partial charge in [0.1, 0.15) is 18.0 Å². The number of hydrogen-bond donors (Lipinski definition) is 1. The van der Waals surface area contributed by atoms with Gasteiger partial charge in [-0.15, -0.1) is 0 Å². The summed E-state index contributed by atoms with van der Waals surface area (Å²) in [6.45, 7) is 14.9. The molecular formula is C20H33BrF3NO2SSi. The minimum Gasteiger partial charge on any atom is -0.411 e. The SMILES string of the molecule is CC(C)(C)S(=O)NC(C)(c1cc(Br)ccc1F)C(F)(F)CO[Si](C)(C)C(C)(C)C. The first-order valence-electron chi connectivity index (χ1n) is 9.42. The third-order valence-corrected chi connectivity index (χ3v) is 12.1. The fraction of sp³-hybridized carbons (Fsp3) is 0.700. The first kappa shape index (κ1) is 26.8. The highest BCUT2D eigenvalue weighted by atomic mass is 79.9. The summed E-state index contributed by atoms with van der Waals surface area (Å²) in [6, 6.07) is 3.84. The maximum absolute atomic E-state index is 15.7. The summed E-state index contributed by atoms with van der Waals surface area (Å²) < 4.78 is 66.7. The molecule has 0 radical (unpaired) electrons. The number of benzene rings is 1. The largest absolute Gasteiger partial charge is 0.411 e. The van der Waals surface area contributed by atoms with Crippen molar-refractivity contribution in [2.45, 2.75) is 82.8 Å². The van der Waals surface area contributed by atoms with E-state index in [-0.39, 0.29) is 10.6 Å². The molecule has 0 aromatic heterocycles. The number of hydrogen-bond acceptors (Lipinski definition) is 2. The molecule has 1 rings (SSSR count). The van der Waals surface area contributed by atoms with E-state index in [1.165, 1.54) is 19.1 Å². The molecule has 0 heterocycles. The lowest BCUT2D eigenvalue weighted by molar-refractivity contribution is -0.111. The van der Waals surface area contributed by atoms with Gasteiger partial charge in [-0.3, -0.25) is 0 Å². The highest BCUT2D eigenvalue weighted by Gasteiger charge is 2.55. The molecule has 0 amide bonds. The predicted octanol–water partition coefficient (Wildman–Crippen LogP) is 6.51. The first-order valence-corrected chi connectivity index (χ1v) is 14.3. The van der Waals surface area contributed by atoms with E-state index in [0.717, 1.165) is 6.07 Å². The molecule has 2 atom stereocenters. The maximum Gasteiger partial charge on any atom is 0.292 e. The van der Waals surface area contributed by atoms with E-state index in [0.29, 0.717) is 4.47 Å². The molecule has 0 saturated heterocycles. The molecule has 0 aliphatic heterocycles. The van der Waals surface area contributed by atoms with Gasteiger partial charge in [-0.25, -0.2) is 22.1 Å². The van der Waals surface area contributed by atoms with Crippen molar-refractivity contribution in [3.8, 4) is 0 Å². The van der Waals surface area contributed by atoms with Crippen LogP contribution in [0.4, 0.5) is 13.2 Å². The lowest BCUT2D eigenvalue weighted by Gasteiger charge is -2.43. The molecule has 1 aromatic rings. The Morgan fingerprint density at radius 1 is 1.10 bits per heavy atom. The third-order valence-electron chi connectivity index (χ3n) is 5.47. The molecule has 3 nitrogen and oxygen atoms in total. The lowest BCUT2D eigenvalue weighted by atomic mass is 9.86. The van der Waals surface area contributed by atoms with Crippen molar-refractivity contribution in [1.29, 1.82) is 0 Å². The molecule has 168 valence electrons. The highest BCUT2D eigenvalue weighted by molar-refractivity contribution is 9.10. The fourth-order valence-corrected chi connectivity index (χ4v) is 4.45. The van der Waals surface area contributed by atoms with Crippen LogP contribution < -0.4 is 4.72 Å². The Bertz CT molecular complexity index is 763. The van der Waals surface area contributed by atoms with Gasteiger partial charge >= 0.3 is 0 Å². The van der Waals surface area contributed by atoms with Crippen LogP contribution in [0.5, 0.6) is 0 Å². The van der Waals surface area contributed by atoms with Gasteiger partial charge in [-0.2, -0.15) is 0 Å². The lowest BCUT2D eigenvalue weighted by Crippen LogP contribution is -2.60. The van der Waals surface area contributed by atoms with Gasteiger partial charge in [-0.05, 0) is 64.0 Å². The van der Waals surface area contributed by atoms with Gasteiger partial charge in [-0.1, -0.05) is 36.7 Å². The summed E-state index contributed by atoms with van der Waals surface area (Å²) in [4.78, 5) is 0. The van der Waals surface area contributed by atoms with Crippen LogP contribution in [0.2, 0.25) is 18.1 Å². The Kier molecular flexibility index (Phi) is 8.07. The van der Waals surface area contributed by atoms with Gasteiger partial charge in [0.15, 0.2) is 8.32 Å². The van der Waals surface area contributed by atoms with Crippen LogP contribution in [-0.2, 0) is 21.0 Å². The summed E-state index contributed by atoms with van der Waals surface area (Å²) >= 11 is 3.22. The van der Waals surface area contributed by atoms with Crippen LogP contribution in [0.25, 0.3) is 0 Å². The zero-order chi connectivity index (χ0) is 23.1. The van der Waals surface area contributed by atoms with E-state index in [1.54, 1.807) is 20.8 Å². The Morgan fingerprint density at radius 3 is 2.07 bits per heavy atom. The van der Waals surface area contributed by atoms with E-state index < -0.39 is 47.9 Å². The second-order valence-corrected chi connectivity index (χ2v) is 17.7. The second-order valence-electron chi connectivity index (χ2n) is 9.99. The monoisotopic (exact) mass is 515 g/mol. The topological polar surface area (TPSA) is 38.3 Å². The summed E-state index contributed by atoms with van der Waals surface area (Å²) in [5.41, 5.74) is -2.52. The van der Waals surface area contributed by atoms with Gasteiger partial charge in [0.05, 0.1) is 15.7 Å². The van der Waals surface area contributed by atoms with Gasteiger partial charge < -0.3 is 4.43 Å². The minimum absolute atomic E-state index is 0.262. The third kappa shape index (κ3) is 6.15. The van der Waals surface area contributed by atoms with E-state index in [9.17, 15) is 8.60 Å². The van der Waals surface area contributed by atoms with Crippen molar-refractivity contribution >= 4 is 35.2 Å². The Hall–Kier alpha value is -0.223. The quantitative estimate of drug-likeness (QED) is 0.420. The number of halogens is 4. The molecule has 29 heavy (non-hydrogen) atoms. The maximum atomic E-state index is 15.7. The molecule has 0 aliphatic rings. The molecule has 2 unspecified atom stereocenters. The molecule has 0 spiro atoms. The average Bonchev–Trinajstić information content (AvgIpc) is 2.53. The van der Waals surface area contributed by atoms with Crippen LogP contribution in [0.1, 0.15) is 54.0 Å². The Morgan fingerprint density at radius 2 is 1.62 bits per heavy atom. The summed E-state index contributed by atoms with van der Waals surface area (Å²) in [5, 5.41) is -0.262. The van der Waals surface area contributed by atoms with Gasteiger partial charge in [0.2, 0.25) is 0 Å². The predicted molar refractivity (Wildman–Crippen MR) is 121 cm³/mol. The average molecular weight is 517 g/mol. The first-order chi connectivity index (χ1) is 12.7. The van der Waals surface area contributed by atoms with Crippen molar-refractivity contribution in [3.63, 3.8) is 0 Å². The van der Waals surface area contributed by atoms with Crippen LogP contribution in [0, 0.1) is 5.82 Å². The summed E-state index contributed by atoms with van der Waals surface area (Å²) in [6.07, 6.45) is 0. The Labute approximate surface area is 185 Å². The van der Waals surface area contributed by atoms with Crippen molar-refractivity contribution in [1.82, 2.24) is 4.72 Å². The van der Waals surface area contributed by atoms with Gasteiger partial charge in [0, 0.05) is 10.0 Å². The zero-order valence-electron chi connectivity index (χ0n) is 18.7. The second kappa shape index (κ2) is 8.73. The summed E-state index contributed by atoms with van der Waals surface area (Å²) in [5.74, 6) is -4.34. The zero-order valence-corrected chi connectivity index (χ0v) is 22.1. The molecule has 0 fully saturated rings. The fourth-order valence-electron chi connectivity index (χ4n) is 2.18. The van der Waals surface area contributed by atoms with Crippen LogP contribution in [0.15, 0.2) is 22.7 Å². The number of nitrogens with one attached hydrogen (secondary N) is 1. The van der Waals surface area contributed by atoms with Gasteiger partial charge in [0.25, 0.3) is 5.92 Å². The normalized spacial score (nSPS) is 17.1. The van der Waals surface area contributed by atoms with E-state index in [4.69, 9.17) is 4.43 Å². The van der Waals surface area contributed by atoms with Crippen molar-refractivity contribution in [3.05, 3.63) is 34.1 Å². The number of alkyl halides is 2. The summed E-state index contributed by atoms with van der Waals surface area (Å²) in [7, 11) is -4.35. The smallest absolute Gasteiger partial charge is 0.292 e. The number of rotatable bonds is 7. The van der Waals surface area contributed by atoms with Crippen molar-refractivity contribution in [2.24, 2.45) is 0 Å². The van der Waals surface area contributed by atoms with Crippen molar-refractivity contribution in [2.75, 3.05) is 6.61 Å². The molecule has 1 aromatic carbocycles. The molecule has 0 bridgehead atoms.